The van der Waals surface area contributed by atoms with E-state index in [1.54, 1.807) is 0 Å². The van der Waals surface area contributed by atoms with Crippen LogP contribution in [0, 0.1) is 0 Å². The predicted molar refractivity (Wildman–Crippen MR) is 31.6 cm³/mol. The molecule has 0 radical (unpaired) electrons. The summed E-state index contributed by atoms with van der Waals surface area (Å²) in [6.07, 6.45) is -4.65. The van der Waals surface area contributed by atoms with Crippen LogP contribution >= 0.6 is 11.6 Å². The Kier molecular flexibility index (Phi) is 3.59. The summed E-state index contributed by atoms with van der Waals surface area (Å²) in [6.45, 7) is -1.83. The summed E-state index contributed by atoms with van der Waals surface area (Å²) in [4.78, 5) is 0. The maximum absolute atomic E-state index is 11.3. The molecule has 8 heteroatoms. The fourth-order valence-electron chi connectivity index (χ4n) is 0.188. The van der Waals surface area contributed by atoms with Crippen LogP contribution < -0.4 is 0 Å². The van der Waals surface area contributed by atoms with Crippen molar-refractivity contribution in [2.45, 2.75) is 6.18 Å². The lowest BCUT2D eigenvalue weighted by Crippen LogP contribution is -2.20. The molecule has 68 valence electrons. The third kappa shape index (κ3) is 6.39. The van der Waals surface area contributed by atoms with Crippen LogP contribution in [-0.4, -0.2) is 26.4 Å². The first-order chi connectivity index (χ1) is 4.77. The molecule has 0 heterocycles. The normalized spacial score (nSPS) is 13.5. The lowest BCUT2D eigenvalue weighted by Gasteiger charge is -2.05. The van der Waals surface area contributed by atoms with Gasteiger partial charge in [0.15, 0.2) is 6.61 Å². The topological polar surface area (TPSA) is 43.4 Å². The van der Waals surface area contributed by atoms with E-state index in [-0.39, 0.29) is 0 Å². The van der Waals surface area contributed by atoms with E-state index in [9.17, 15) is 21.6 Å². The lowest BCUT2D eigenvalue weighted by atomic mass is 10.7. The molecule has 0 rings (SSSR count). The Morgan fingerprint density at radius 1 is 1.36 bits per heavy atom. The minimum absolute atomic E-state index is 0.983. The van der Waals surface area contributed by atoms with E-state index in [2.05, 4.69) is 4.18 Å². The number of halogens is 4. The van der Waals surface area contributed by atoms with E-state index < -0.39 is 28.1 Å². The van der Waals surface area contributed by atoms with Crippen LogP contribution in [0.2, 0.25) is 0 Å². The number of alkyl halides is 4. The molecule has 0 spiro atoms. The van der Waals surface area contributed by atoms with Gasteiger partial charge in [-0.2, -0.15) is 21.6 Å². The van der Waals surface area contributed by atoms with Gasteiger partial charge in [0.2, 0.25) is 0 Å². The van der Waals surface area contributed by atoms with Crippen LogP contribution in [-0.2, 0) is 14.3 Å². The summed E-state index contributed by atoms with van der Waals surface area (Å²) in [6, 6.07) is 0. The summed E-state index contributed by atoms with van der Waals surface area (Å²) in [5.74, 6) is 0. The van der Waals surface area contributed by atoms with Gasteiger partial charge in [0, 0.05) is 0 Å². The zero-order valence-electron chi connectivity index (χ0n) is 5.06. The lowest BCUT2D eigenvalue weighted by molar-refractivity contribution is -0.152. The van der Waals surface area contributed by atoms with E-state index in [1.807, 2.05) is 0 Å². The first-order valence-electron chi connectivity index (χ1n) is 2.27. The molecule has 0 aliphatic carbocycles. The van der Waals surface area contributed by atoms with Crippen molar-refractivity contribution in [1.82, 2.24) is 0 Å². The second kappa shape index (κ2) is 3.59. The second-order valence-electron chi connectivity index (χ2n) is 1.54. The Morgan fingerprint density at radius 2 is 1.82 bits per heavy atom. The highest BCUT2D eigenvalue weighted by atomic mass is 35.5. The fraction of sp³-hybridized carbons (Fsp3) is 1.00. The zero-order chi connectivity index (χ0) is 9.12. The largest absolute Gasteiger partial charge is 0.413 e. The van der Waals surface area contributed by atoms with E-state index in [4.69, 9.17) is 11.6 Å². The smallest absolute Gasteiger partial charge is 0.260 e. The first-order valence-corrected chi connectivity index (χ1v) is 4.38. The molecular weight excluding hydrogens is 209 g/mol. The van der Waals surface area contributed by atoms with Gasteiger partial charge in [0.1, 0.15) is 5.21 Å². The highest BCUT2D eigenvalue weighted by Gasteiger charge is 2.30. The van der Waals surface area contributed by atoms with Gasteiger partial charge in [-0.3, -0.25) is 4.18 Å². The quantitative estimate of drug-likeness (QED) is 0.520. The molecule has 0 atom stereocenters. The summed E-state index contributed by atoms with van der Waals surface area (Å²) < 4.78 is 57.7. The maximum atomic E-state index is 11.3. The molecule has 0 saturated heterocycles. The number of rotatable bonds is 3. The van der Waals surface area contributed by atoms with Crippen molar-refractivity contribution in [3.63, 3.8) is 0 Å². The maximum Gasteiger partial charge on any atom is 0.413 e. The van der Waals surface area contributed by atoms with Gasteiger partial charge in [-0.25, -0.2) is 0 Å². The third-order valence-corrected chi connectivity index (χ3v) is 2.08. The Hall–Kier alpha value is -0.0100. The van der Waals surface area contributed by atoms with Crippen molar-refractivity contribution < 1.29 is 25.8 Å². The molecule has 0 bridgehead atoms. The Morgan fingerprint density at radius 3 is 2.09 bits per heavy atom. The second-order valence-corrected chi connectivity index (χ2v) is 3.77. The van der Waals surface area contributed by atoms with Gasteiger partial charge >= 0.3 is 6.18 Å². The van der Waals surface area contributed by atoms with Gasteiger partial charge in [-0.1, -0.05) is 0 Å². The fourth-order valence-corrected chi connectivity index (χ4v) is 0.753. The molecule has 0 saturated carbocycles. The predicted octanol–water partition coefficient (Wildman–Crippen LogP) is 1.09. The van der Waals surface area contributed by atoms with E-state index in [0.29, 0.717) is 0 Å². The molecular formula is C3H4ClF3O3S. The van der Waals surface area contributed by atoms with Crippen LogP contribution in [0.15, 0.2) is 0 Å². The van der Waals surface area contributed by atoms with Crippen molar-refractivity contribution in [2.24, 2.45) is 0 Å². The summed E-state index contributed by atoms with van der Waals surface area (Å²) in [5.41, 5.74) is 0. The SMILES string of the molecule is O=S(=O)(CCl)OCC(F)(F)F. The molecule has 0 aromatic heterocycles. The Bertz CT molecular complexity index is 208. The molecule has 0 aliphatic rings. The van der Waals surface area contributed by atoms with Crippen LogP contribution in [0.5, 0.6) is 0 Å². The van der Waals surface area contributed by atoms with Crippen LogP contribution in [0.4, 0.5) is 13.2 Å². The molecule has 0 N–H and O–H groups in total. The highest BCUT2D eigenvalue weighted by molar-refractivity contribution is 7.87. The van der Waals surface area contributed by atoms with Gasteiger partial charge in [0.25, 0.3) is 10.1 Å². The Balaban J connectivity index is 3.91. The van der Waals surface area contributed by atoms with Crippen molar-refractivity contribution in [2.75, 3.05) is 11.8 Å². The van der Waals surface area contributed by atoms with Gasteiger partial charge in [0.05, 0.1) is 0 Å². The minimum atomic E-state index is -4.65. The van der Waals surface area contributed by atoms with Crippen molar-refractivity contribution in [3.8, 4) is 0 Å². The highest BCUT2D eigenvalue weighted by Crippen LogP contribution is 2.15. The van der Waals surface area contributed by atoms with E-state index in [1.165, 1.54) is 0 Å². The molecule has 0 unspecified atom stereocenters. The average molecular weight is 213 g/mol. The van der Waals surface area contributed by atoms with E-state index >= 15 is 0 Å². The van der Waals surface area contributed by atoms with E-state index in [0.717, 1.165) is 0 Å². The van der Waals surface area contributed by atoms with Crippen molar-refractivity contribution >= 4 is 21.7 Å². The van der Waals surface area contributed by atoms with Gasteiger partial charge < -0.3 is 0 Å². The van der Waals surface area contributed by atoms with Crippen molar-refractivity contribution in [3.05, 3.63) is 0 Å². The molecule has 0 aromatic rings. The summed E-state index contributed by atoms with van der Waals surface area (Å²) in [7, 11) is -4.21. The summed E-state index contributed by atoms with van der Waals surface area (Å²) in [5, 5.41) is -0.983. The first kappa shape index (κ1) is 11.0. The van der Waals surface area contributed by atoms with Crippen LogP contribution in [0.25, 0.3) is 0 Å². The zero-order valence-corrected chi connectivity index (χ0v) is 6.63. The summed E-state index contributed by atoms with van der Waals surface area (Å²) >= 11 is 4.74. The standard InChI is InChI=1S/C3H4ClF3O3S/c4-2-11(8,9)10-1-3(5,6)7/h1-2H2. The molecule has 11 heavy (non-hydrogen) atoms. The van der Waals surface area contributed by atoms with Crippen LogP contribution in [0.3, 0.4) is 0 Å². The number of hydrogen-bond donors (Lipinski definition) is 0. The minimum Gasteiger partial charge on any atom is -0.260 e. The van der Waals surface area contributed by atoms with Gasteiger partial charge in [-0.15, -0.1) is 11.6 Å². The van der Waals surface area contributed by atoms with Crippen molar-refractivity contribution in [1.29, 1.82) is 0 Å². The van der Waals surface area contributed by atoms with Gasteiger partial charge in [-0.05, 0) is 0 Å². The molecule has 3 nitrogen and oxygen atoms in total. The third-order valence-electron chi connectivity index (χ3n) is 0.536. The average Bonchev–Trinajstić information content (AvgIpc) is 1.83. The number of hydrogen-bond acceptors (Lipinski definition) is 3. The monoisotopic (exact) mass is 212 g/mol. The Labute approximate surface area is 66.2 Å². The molecule has 0 aliphatic heterocycles. The molecule has 0 amide bonds. The molecule has 0 fully saturated rings. The molecule has 0 aromatic carbocycles. The van der Waals surface area contributed by atoms with Crippen LogP contribution in [0.1, 0.15) is 0 Å².